The van der Waals surface area contributed by atoms with E-state index in [1.165, 1.54) is 0 Å². The molecule has 0 saturated carbocycles. The highest BCUT2D eigenvalue weighted by Crippen LogP contribution is 2.28. The van der Waals surface area contributed by atoms with E-state index in [0.717, 1.165) is 29.8 Å². The molecule has 128 valence electrons. The maximum absolute atomic E-state index is 12.4. The minimum absolute atomic E-state index is 0.176. The zero-order valence-corrected chi connectivity index (χ0v) is 13.9. The van der Waals surface area contributed by atoms with Gasteiger partial charge in [0.15, 0.2) is 17.2 Å². The molecule has 1 aromatic heterocycles. The molecule has 24 heavy (non-hydrogen) atoms. The van der Waals surface area contributed by atoms with Crippen LogP contribution < -0.4 is 20.1 Å². The molecular formula is C17H22N4O3. The summed E-state index contributed by atoms with van der Waals surface area (Å²) in [5.41, 5.74) is 3.41. The van der Waals surface area contributed by atoms with Crippen LogP contribution in [0, 0.1) is 0 Å². The fourth-order valence-electron chi connectivity index (χ4n) is 2.78. The Hall–Kier alpha value is -2.54. The lowest BCUT2D eigenvalue weighted by Crippen LogP contribution is -2.28. The average molecular weight is 330 g/mol. The number of hydrogen-bond donors (Lipinski definition) is 3. The van der Waals surface area contributed by atoms with E-state index < -0.39 is 0 Å². The van der Waals surface area contributed by atoms with Crippen LogP contribution in [0.1, 0.15) is 34.2 Å². The molecule has 0 bridgehead atoms. The number of carbonyl (C=O) groups excluding carboxylic acids is 1. The molecule has 7 nitrogen and oxygen atoms in total. The monoisotopic (exact) mass is 330 g/mol. The Labute approximate surface area is 140 Å². The molecule has 0 spiro atoms. The fourth-order valence-corrected chi connectivity index (χ4v) is 2.78. The van der Waals surface area contributed by atoms with Gasteiger partial charge >= 0.3 is 0 Å². The predicted octanol–water partition coefficient (Wildman–Crippen LogP) is 1.39. The lowest BCUT2D eigenvalue weighted by atomic mass is 10.1. The van der Waals surface area contributed by atoms with Crippen LogP contribution in [0.25, 0.3) is 0 Å². The first-order valence-corrected chi connectivity index (χ1v) is 8.07. The number of rotatable bonds is 6. The molecule has 1 amide bonds. The molecule has 0 unspecified atom stereocenters. The summed E-state index contributed by atoms with van der Waals surface area (Å²) in [6, 6.07) is 5.63. The number of ether oxygens (including phenoxy) is 2. The number of carbonyl (C=O) groups is 1. The third-order valence-corrected chi connectivity index (χ3v) is 4.00. The van der Waals surface area contributed by atoms with Crippen molar-refractivity contribution in [3.8, 4) is 11.5 Å². The van der Waals surface area contributed by atoms with Gasteiger partial charge in [0.1, 0.15) is 0 Å². The molecule has 1 aliphatic heterocycles. The summed E-state index contributed by atoms with van der Waals surface area (Å²) >= 11 is 0. The second-order valence-electron chi connectivity index (χ2n) is 5.56. The Balaban J connectivity index is 1.68. The highest BCUT2D eigenvalue weighted by molar-refractivity contribution is 5.94. The maximum Gasteiger partial charge on any atom is 0.272 e. The van der Waals surface area contributed by atoms with E-state index in [2.05, 4.69) is 20.8 Å². The van der Waals surface area contributed by atoms with Crippen molar-refractivity contribution >= 4 is 5.91 Å². The minimum Gasteiger partial charge on any atom is -0.493 e. The van der Waals surface area contributed by atoms with E-state index in [4.69, 9.17) is 9.47 Å². The van der Waals surface area contributed by atoms with E-state index in [1.54, 1.807) is 7.11 Å². The number of fused-ring (bicyclic) bond motifs is 1. The standard InChI is InChI=1S/C17H22N4O3/c1-3-24-15-8-11(4-5-14(15)23-2)9-19-17(22)16-12-10-18-7-6-13(12)20-21-16/h4-5,8,18H,3,6-7,9-10H2,1-2H3,(H,19,22)(H,20,21). The summed E-state index contributed by atoms with van der Waals surface area (Å²) < 4.78 is 10.8. The number of nitrogens with one attached hydrogen (secondary N) is 3. The van der Waals surface area contributed by atoms with Crippen LogP contribution in [-0.2, 0) is 19.5 Å². The molecular weight excluding hydrogens is 308 g/mol. The number of benzene rings is 1. The summed E-state index contributed by atoms with van der Waals surface area (Å²) in [5.74, 6) is 1.18. The van der Waals surface area contributed by atoms with Crippen LogP contribution >= 0.6 is 0 Å². The Morgan fingerprint density at radius 1 is 1.38 bits per heavy atom. The van der Waals surface area contributed by atoms with Crippen LogP contribution in [0.2, 0.25) is 0 Å². The van der Waals surface area contributed by atoms with Crippen molar-refractivity contribution < 1.29 is 14.3 Å². The van der Waals surface area contributed by atoms with Crippen molar-refractivity contribution in [2.24, 2.45) is 0 Å². The summed E-state index contributed by atoms with van der Waals surface area (Å²) in [6.07, 6.45) is 0.867. The van der Waals surface area contributed by atoms with Crippen molar-refractivity contribution in [3.63, 3.8) is 0 Å². The van der Waals surface area contributed by atoms with Crippen LogP contribution in [0.15, 0.2) is 18.2 Å². The molecule has 1 aromatic carbocycles. The van der Waals surface area contributed by atoms with Crippen molar-refractivity contribution in [1.82, 2.24) is 20.8 Å². The first-order chi connectivity index (χ1) is 11.7. The molecule has 0 radical (unpaired) electrons. The number of nitrogens with zero attached hydrogens (tertiary/aromatic N) is 1. The summed E-state index contributed by atoms with van der Waals surface area (Å²) in [4.78, 5) is 12.4. The number of hydrogen-bond acceptors (Lipinski definition) is 5. The Kier molecular flexibility index (Phi) is 5.00. The third-order valence-electron chi connectivity index (χ3n) is 4.00. The lowest BCUT2D eigenvalue weighted by molar-refractivity contribution is 0.0944. The van der Waals surface area contributed by atoms with Crippen LogP contribution in [-0.4, -0.2) is 36.4 Å². The van der Waals surface area contributed by atoms with Gasteiger partial charge in [-0.05, 0) is 24.6 Å². The Bertz CT molecular complexity index is 727. The molecule has 3 rings (SSSR count). The molecule has 2 heterocycles. The number of amides is 1. The van der Waals surface area contributed by atoms with Gasteiger partial charge in [-0.1, -0.05) is 6.07 Å². The molecule has 3 N–H and O–H groups in total. The predicted molar refractivity (Wildman–Crippen MR) is 89.3 cm³/mol. The summed E-state index contributed by atoms with van der Waals surface area (Å²) in [7, 11) is 1.61. The summed E-state index contributed by atoms with van der Waals surface area (Å²) in [6.45, 7) is 4.45. The van der Waals surface area contributed by atoms with Crippen LogP contribution in [0.5, 0.6) is 11.5 Å². The highest BCUT2D eigenvalue weighted by atomic mass is 16.5. The number of aromatic amines is 1. The lowest BCUT2D eigenvalue weighted by Gasteiger charge is -2.13. The number of H-pyrrole nitrogens is 1. The van der Waals surface area contributed by atoms with Crippen LogP contribution in [0.4, 0.5) is 0 Å². The van der Waals surface area contributed by atoms with Gasteiger partial charge in [-0.2, -0.15) is 5.10 Å². The third kappa shape index (κ3) is 3.35. The molecule has 2 aromatic rings. The Morgan fingerprint density at radius 2 is 2.25 bits per heavy atom. The minimum atomic E-state index is -0.176. The smallest absolute Gasteiger partial charge is 0.272 e. The Morgan fingerprint density at radius 3 is 3.04 bits per heavy atom. The largest absolute Gasteiger partial charge is 0.493 e. The zero-order valence-electron chi connectivity index (χ0n) is 13.9. The van der Waals surface area contributed by atoms with Gasteiger partial charge in [-0.25, -0.2) is 0 Å². The molecule has 1 aliphatic rings. The zero-order chi connectivity index (χ0) is 16.9. The van der Waals surface area contributed by atoms with Crippen LogP contribution in [0.3, 0.4) is 0 Å². The normalized spacial score (nSPS) is 13.2. The number of aromatic nitrogens is 2. The SMILES string of the molecule is CCOc1cc(CNC(=O)c2n[nH]c3c2CNCC3)ccc1OC. The quantitative estimate of drug-likeness (QED) is 0.745. The fraction of sp³-hybridized carbons (Fsp3) is 0.412. The van der Waals surface area contributed by atoms with E-state index in [0.29, 0.717) is 36.9 Å². The van der Waals surface area contributed by atoms with Gasteiger partial charge in [0.2, 0.25) is 0 Å². The molecule has 0 saturated heterocycles. The van der Waals surface area contributed by atoms with Gasteiger partial charge in [0.05, 0.1) is 13.7 Å². The number of methoxy groups -OCH3 is 1. The maximum atomic E-state index is 12.4. The molecule has 7 heteroatoms. The van der Waals surface area contributed by atoms with E-state index in [1.807, 2.05) is 25.1 Å². The van der Waals surface area contributed by atoms with Gasteiger partial charge in [0, 0.05) is 37.3 Å². The van der Waals surface area contributed by atoms with Gasteiger partial charge in [-0.3, -0.25) is 9.89 Å². The van der Waals surface area contributed by atoms with E-state index in [9.17, 15) is 4.79 Å². The summed E-state index contributed by atoms with van der Waals surface area (Å²) in [5, 5.41) is 13.3. The molecule has 0 atom stereocenters. The van der Waals surface area contributed by atoms with Crippen molar-refractivity contribution in [2.75, 3.05) is 20.3 Å². The molecule has 0 fully saturated rings. The van der Waals surface area contributed by atoms with Gasteiger partial charge < -0.3 is 20.1 Å². The topological polar surface area (TPSA) is 88.3 Å². The highest BCUT2D eigenvalue weighted by Gasteiger charge is 2.21. The van der Waals surface area contributed by atoms with Crippen molar-refractivity contribution in [2.45, 2.75) is 26.4 Å². The van der Waals surface area contributed by atoms with Gasteiger partial charge in [-0.15, -0.1) is 0 Å². The molecule has 0 aliphatic carbocycles. The second-order valence-corrected chi connectivity index (χ2v) is 5.56. The first-order valence-electron chi connectivity index (χ1n) is 8.07. The average Bonchev–Trinajstić information content (AvgIpc) is 3.04. The van der Waals surface area contributed by atoms with Crippen molar-refractivity contribution in [1.29, 1.82) is 0 Å². The van der Waals surface area contributed by atoms with E-state index in [-0.39, 0.29) is 5.91 Å². The van der Waals surface area contributed by atoms with Gasteiger partial charge in [0.25, 0.3) is 5.91 Å². The first kappa shape index (κ1) is 16.3. The second kappa shape index (κ2) is 7.35. The van der Waals surface area contributed by atoms with E-state index >= 15 is 0 Å². The van der Waals surface area contributed by atoms with Crippen molar-refractivity contribution in [3.05, 3.63) is 40.7 Å².